The predicted molar refractivity (Wildman–Crippen MR) is 67.3 cm³/mol. The Morgan fingerprint density at radius 1 is 1.28 bits per heavy atom. The number of hydrogen-bond donors (Lipinski definition) is 3. The lowest BCUT2D eigenvalue weighted by molar-refractivity contribution is -0.119. The van der Waals surface area contributed by atoms with Crippen molar-refractivity contribution in [2.75, 3.05) is 5.32 Å². The number of anilines is 1. The number of carboxylic acids is 1. The van der Waals surface area contributed by atoms with Gasteiger partial charge < -0.3 is 16.2 Å². The van der Waals surface area contributed by atoms with Gasteiger partial charge in [0.2, 0.25) is 5.91 Å². The molecule has 0 radical (unpaired) electrons. The van der Waals surface area contributed by atoms with Gasteiger partial charge in [-0.1, -0.05) is 12.1 Å². The van der Waals surface area contributed by atoms with Crippen molar-refractivity contribution in [3.63, 3.8) is 0 Å². The van der Waals surface area contributed by atoms with Crippen molar-refractivity contribution >= 4 is 17.6 Å². The number of nitrogens with one attached hydrogen (secondary N) is 1. The molecule has 5 heteroatoms. The summed E-state index contributed by atoms with van der Waals surface area (Å²) in [6, 6.07) is 6.47. The number of hydrogen-bond acceptors (Lipinski definition) is 3. The van der Waals surface area contributed by atoms with Gasteiger partial charge in [-0.05, 0) is 31.4 Å². The molecule has 0 heterocycles. The Hall–Kier alpha value is -1.88. The maximum absolute atomic E-state index is 12.0. The topological polar surface area (TPSA) is 92.4 Å². The molecule has 0 bridgehead atoms. The van der Waals surface area contributed by atoms with Crippen LogP contribution in [0, 0.1) is 5.92 Å². The third-order valence-electron chi connectivity index (χ3n) is 3.26. The van der Waals surface area contributed by atoms with E-state index in [1.807, 2.05) is 0 Å². The Kier molecular flexibility index (Phi) is 3.62. The van der Waals surface area contributed by atoms with E-state index in [0.29, 0.717) is 12.1 Å². The molecule has 1 aliphatic rings. The highest BCUT2D eigenvalue weighted by Gasteiger charge is 2.28. The highest BCUT2D eigenvalue weighted by Crippen LogP contribution is 2.26. The second kappa shape index (κ2) is 5.18. The maximum atomic E-state index is 12.0. The van der Waals surface area contributed by atoms with E-state index in [2.05, 4.69) is 5.32 Å². The fraction of sp³-hybridized carbons (Fsp3) is 0.385. The van der Waals surface area contributed by atoms with Crippen molar-refractivity contribution in [1.82, 2.24) is 0 Å². The van der Waals surface area contributed by atoms with E-state index in [-0.39, 0.29) is 23.4 Å². The lowest BCUT2D eigenvalue weighted by atomic mass is 10.1. The van der Waals surface area contributed by atoms with Crippen LogP contribution in [0.5, 0.6) is 0 Å². The van der Waals surface area contributed by atoms with Gasteiger partial charge in [-0.15, -0.1) is 0 Å². The number of carbonyl (C=O) groups excluding carboxylic acids is 1. The Balaban J connectivity index is 2.09. The first-order chi connectivity index (χ1) is 8.58. The third-order valence-corrected chi connectivity index (χ3v) is 3.26. The summed E-state index contributed by atoms with van der Waals surface area (Å²) < 4.78 is 0. The third kappa shape index (κ3) is 2.68. The van der Waals surface area contributed by atoms with Crippen LogP contribution in [0.1, 0.15) is 29.6 Å². The minimum atomic E-state index is -1.05. The van der Waals surface area contributed by atoms with E-state index in [1.54, 1.807) is 18.2 Å². The zero-order chi connectivity index (χ0) is 13.1. The minimum absolute atomic E-state index is 0.0791. The van der Waals surface area contributed by atoms with Crippen LogP contribution in [0.2, 0.25) is 0 Å². The van der Waals surface area contributed by atoms with E-state index in [0.717, 1.165) is 12.8 Å². The fourth-order valence-electron chi connectivity index (χ4n) is 2.27. The van der Waals surface area contributed by atoms with Crippen molar-refractivity contribution in [2.45, 2.75) is 25.3 Å². The number of aromatic carboxylic acids is 1. The summed E-state index contributed by atoms with van der Waals surface area (Å²) in [5, 5.41) is 11.7. The summed E-state index contributed by atoms with van der Waals surface area (Å²) in [6.45, 7) is 0. The predicted octanol–water partition coefficient (Wildman–Crippen LogP) is 1.45. The first-order valence-electron chi connectivity index (χ1n) is 5.96. The van der Waals surface area contributed by atoms with Gasteiger partial charge in [-0.2, -0.15) is 0 Å². The molecule has 2 unspecified atom stereocenters. The van der Waals surface area contributed by atoms with Crippen LogP contribution in [0.25, 0.3) is 0 Å². The Bertz CT molecular complexity index is 473. The van der Waals surface area contributed by atoms with E-state index in [4.69, 9.17) is 10.8 Å². The van der Waals surface area contributed by atoms with Crippen LogP contribution >= 0.6 is 0 Å². The number of rotatable bonds is 3. The van der Waals surface area contributed by atoms with E-state index in [9.17, 15) is 9.59 Å². The second-order valence-electron chi connectivity index (χ2n) is 4.61. The number of para-hydroxylation sites is 1. The molecule has 1 aliphatic carbocycles. The molecule has 1 aromatic rings. The minimum Gasteiger partial charge on any atom is -0.478 e. The van der Waals surface area contributed by atoms with Crippen LogP contribution < -0.4 is 11.1 Å². The second-order valence-corrected chi connectivity index (χ2v) is 4.61. The molecule has 0 aromatic heterocycles. The van der Waals surface area contributed by atoms with E-state index >= 15 is 0 Å². The molecule has 0 saturated heterocycles. The maximum Gasteiger partial charge on any atom is 0.337 e. The molecule has 0 aliphatic heterocycles. The van der Waals surface area contributed by atoms with E-state index < -0.39 is 5.97 Å². The van der Waals surface area contributed by atoms with Crippen LogP contribution in [0.15, 0.2) is 24.3 Å². The Morgan fingerprint density at radius 2 is 2.00 bits per heavy atom. The first kappa shape index (κ1) is 12.6. The van der Waals surface area contributed by atoms with Gasteiger partial charge in [0, 0.05) is 12.0 Å². The van der Waals surface area contributed by atoms with Gasteiger partial charge in [0.25, 0.3) is 0 Å². The number of carbonyl (C=O) groups is 2. The number of nitrogens with two attached hydrogens (primary N) is 1. The molecule has 1 aromatic carbocycles. The number of benzene rings is 1. The smallest absolute Gasteiger partial charge is 0.337 e. The van der Waals surface area contributed by atoms with Crippen molar-refractivity contribution in [1.29, 1.82) is 0 Å². The van der Waals surface area contributed by atoms with Crippen LogP contribution in [0.3, 0.4) is 0 Å². The highest BCUT2D eigenvalue weighted by molar-refractivity contribution is 6.01. The lowest BCUT2D eigenvalue weighted by Gasteiger charge is -2.12. The molecule has 2 rings (SSSR count). The summed E-state index contributed by atoms with van der Waals surface area (Å²) in [5.74, 6) is -1.30. The zero-order valence-electron chi connectivity index (χ0n) is 9.93. The van der Waals surface area contributed by atoms with Crippen LogP contribution in [-0.4, -0.2) is 23.0 Å². The van der Waals surface area contributed by atoms with Gasteiger partial charge in [-0.25, -0.2) is 4.79 Å². The van der Waals surface area contributed by atoms with Crippen molar-refractivity contribution in [3.8, 4) is 0 Å². The summed E-state index contributed by atoms with van der Waals surface area (Å²) >= 11 is 0. The van der Waals surface area contributed by atoms with Crippen LogP contribution in [0.4, 0.5) is 5.69 Å². The van der Waals surface area contributed by atoms with E-state index in [1.165, 1.54) is 6.07 Å². The molecule has 2 atom stereocenters. The summed E-state index contributed by atoms with van der Waals surface area (Å²) in [5.41, 5.74) is 6.21. The quantitative estimate of drug-likeness (QED) is 0.754. The molecule has 1 saturated carbocycles. The SMILES string of the molecule is NC1CCC(C(=O)Nc2ccccc2C(=O)O)C1. The average Bonchev–Trinajstić information content (AvgIpc) is 2.76. The van der Waals surface area contributed by atoms with Crippen LogP contribution in [-0.2, 0) is 4.79 Å². The molecular formula is C13H16N2O3. The van der Waals surface area contributed by atoms with Gasteiger partial charge in [0.05, 0.1) is 11.3 Å². The summed E-state index contributed by atoms with van der Waals surface area (Å²) in [7, 11) is 0. The number of amides is 1. The average molecular weight is 248 g/mol. The zero-order valence-corrected chi connectivity index (χ0v) is 9.93. The highest BCUT2D eigenvalue weighted by atomic mass is 16.4. The molecule has 1 amide bonds. The van der Waals surface area contributed by atoms with Crippen molar-refractivity contribution < 1.29 is 14.7 Å². The molecular weight excluding hydrogens is 232 g/mol. The van der Waals surface area contributed by atoms with Gasteiger partial charge in [0.1, 0.15) is 0 Å². The normalized spacial score (nSPS) is 22.7. The molecule has 18 heavy (non-hydrogen) atoms. The Labute approximate surface area is 105 Å². The number of carboxylic acid groups (broad SMARTS) is 1. The van der Waals surface area contributed by atoms with Crippen molar-refractivity contribution in [3.05, 3.63) is 29.8 Å². The van der Waals surface area contributed by atoms with Gasteiger partial charge in [-0.3, -0.25) is 4.79 Å². The monoisotopic (exact) mass is 248 g/mol. The largest absolute Gasteiger partial charge is 0.478 e. The summed E-state index contributed by atoms with van der Waals surface area (Å²) in [4.78, 5) is 23.0. The molecule has 1 fully saturated rings. The van der Waals surface area contributed by atoms with Gasteiger partial charge >= 0.3 is 5.97 Å². The molecule has 96 valence electrons. The fourth-order valence-corrected chi connectivity index (χ4v) is 2.27. The molecule has 5 nitrogen and oxygen atoms in total. The van der Waals surface area contributed by atoms with Gasteiger partial charge in [0.15, 0.2) is 0 Å². The molecule has 0 spiro atoms. The Morgan fingerprint density at radius 3 is 2.61 bits per heavy atom. The first-order valence-corrected chi connectivity index (χ1v) is 5.96. The summed E-state index contributed by atoms with van der Waals surface area (Å²) in [6.07, 6.45) is 2.28. The molecule has 4 N–H and O–H groups in total. The lowest BCUT2D eigenvalue weighted by Crippen LogP contribution is -2.24. The van der Waals surface area contributed by atoms with Crippen molar-refractivity contribution in [2.24, 2.45) is 11.7 Å². The standard InChI is InChI=1S/C13H16N2O3/c14-9-6-5-8(7-9)12(16)15-11-4-2-1-3-10(11)13(17)18/h1-4,8-9H,5-7,14H2,(H,15,16)(H,17,18).